The summed E-state index contributed by atoms with van der Waals surface area (Å²) in [6.45, 7) is 2.69. The van der Waals surface area contributed by atoms with E-state index in [1.54, 1.807) is 25.3 Å². The number of rotatable bonds is 6. The zero-order valence-electron chi connectivity index (χ0n) is 19.6. The van der Waals surface area contributed by atoms with E-state index in [1.807, 2.05) is 18.2 Å². The van der Waals surface area contributed by atoms with Gasteiger partial charge in [-0.15, -0.1) is 12.4 Å². The lowest BCUT2D eigenvalue weighted by Gasteiger charge is -2.32. The predicted molar refractivity (Wildman–Crippen MR) is 144 cm³/mol. The van der Waals surface area contributed by atoms with Crippen LogP contribution in [0.5, 0.6) is 5.75 Å². The van der Waals surface area contributed by atoms with E-state index in [9.17, 15) is 9.90 Å². The van der Waals surface area contributed by atoms with E-state index in [0.717, 1.165) is 53.0 Å². The summed E-state index contributed by atoms with van der Waals surface area (Å²) < 4.78 is 0. The average Bonchev–Trinajstić information content (AvgIpc) is 2.77. The van der Waals surface area contributed by atoms with Crippen molar-refractivity contribution in [2.75, 3.05) is 26.0 Å². The molecule has 2 N–H and O–H groups in total. The van der Waals surface area contributed by atoms with Crippen molar-refractivity contribution in [1.29, 1.82) is 0 Å². The number of hydrogen-bond acceptors (Lipinski definition) is 5. The van der Waals surface area contributed by atoms with E-state index >= 15 is 0 Å². The highest BCUT2D eigenvalue weighted by molar-refractivity contribution is 6.37. The van der Waals surface area contributed by atoms with E-state index in [-0.39, 0.29) is 34.0 Å². The summed E-state index contributed by atoms with van der Waals surface area (Å²) in [6.07, 6.45) is 6.15. The number of anilines is 1. The molecule has 0 atom stereocenters. The number of carbonyl (C=O) groups excluding carboxylic acids is 1. The second-order valence-corrected chi connectivity index (χ2v) is 10.1. The number of pyridine rings is 1. The molecule has 1 saturated carbocycles. The standard InChI is InChI=1S/C26H29Cl2N3O2.ClH/c1-15(32)21-13-29-24-9-6-17(18-11-22(27)26(33)23(28)12-18)10-20(24)25(21)30-19-7-4-16(5-8-19)14-31(2)3;/h6,9-13,16,19,33H,4-5,7-8,14H2,1-3H3,(H,29,30);1H. The molecule has 4 rings (SSSR count). The Kier molecular flexibility index (Phi) is 8.69. The third kappa shape index (κ3) is 5.77. The maximum atomic E-state index is 12.5. The largest absolute Gasteiger partial charge is 0.505 e. The van der Waals surface area contributed by atoms with Gasteiger partial charge in [-0.25, -0.2) is 0 Å². The molecule has 34 heavy (non-hydrogen) atoms. The molecule has 3 aromatic rings. The molecule has 1 aliphatic carbocycles. The molecular weight excluding hydrogens is 493 g/mol. The number of aromatic nitrogens is 1. The van der Waals surface area contributed by atoms with Gasteiger partial charge in [0.1, 0.15) is 0 Å². The Balaban J connectivity index is 0.00000324. The van der Waals surface area contributed by atoms with E-state index in [1.165, 1.54) is 12.8 Å². The third-order valence-electron chi connectivity index (χ3n) is 6.42. The van der Waals surface area contributed by atoms with Crippen molar-refractivity contribution in [2.24, 2.45) is 5.92 Å². The van der Waals surface area contributed by atoms with Crippen molar-refractivity contribution < 1.29 is 9.90 Å². The fraction of sp³-hybridized carbons (Fsp3) is 0.385. The van der Waals surface area contributed by atoms with Gasteiger partial charge in [-0.3, -0.25) is 9.78 Å². The number of halogens is 3. The number of phenols is 1. The zero-order chi connectivity index (χ0) is 23.7. The molecule has 182 valence electrons. The van der Waals surface area contributed by atoms with Gasteiger partial charge in [0.15, 0.2) is 11.5 Å². The lowest BCUT2D eigenvalue weighted by molar-refractivity contribution is 0.101. The Morgan fingerprint density at radius 3 is 2.32 bits per heavy atom. The number of carbonyl (C=O) groups is 1. The smallest absolute Gasteiger partial charge is 0.163 e. The maximum Gasteiger partial charge on any atom is 0.163 e. The summed E-state index contributed by atoms with van der Waals surface area (Å²) in [7, 11) is 4.25. The monoisotopic (exact) mass is 521 g/mol. The van der Waals surface area contributed by atoms with Crippen LogP contribution < -0.4 is 5.32 Å². The highest BCUT2D eigenvalue weighted by Crippen LogP contribution is 2.38. The fourth-order valence-electron chi connectivity index (χ4n) is 4.74. The lowest BCUT2D eigenvalue weighted by atomic mass is 9.85. The first-order chi connectivity index (χ1) is 15.7. The van der Waals surface area contributed by atoms with Crippen LogP contribution in [0.4, 0.5) is 5.69 Å². The van der Waals surface area contributed by atoms with Gasteiger partial charge in [0, 0.05) is 24.2 Å². The Labute approximate surface area is 216 Å². The van der Waals surface area contributed by atoms with Crippen LogP contribution in [0, 0.1) is 5.92 Å². The number of nitrogens with one attached hydrogen (secondary N) is 1. The molecule has 0 bridgehead atoms. The van der Waals surface area contributed by atoms with Crippen LogP contribution in [0.25, 0.3) is 22.0 Å². The topological polar surface area (TPSA) is 65.5 Å². The molecule has 1 aromatic heterocycles. The molecule has 1 fully saturated rings. The average molecular weight is 523 g/mol. The number of Topliss-reactive ketones (excluding diaryl/α,β-unsaturated/α-hetero) is 1. The fourth-order valence-corrected chi connectivity index (χ4v) is 5.22. The van der Waals surface area contributed by atoms with Crippen LogP contribution in [-0.4, -0.2) is 47.5 Å². The van der Waals surface area contributed by atoms with Gasteiger partial charge < -0.3 is 15.3 Å². The van der Waals surface area contributed by atoms with Gasteiger partial charge in [0.2, 0.25) is 0 Å². The van der Waals surface area contributed by atoms with E-state index in [2.05, 4.69) is 29.3 Å². The lowest BCUT2D eigenvalue weighted by Crippen LogP contribution is -2.31. The molecule has 0 spiro atoms. The van der Waals surface area contributed by atoms with Crippen LogP contribution in [0.2, 0.25) is 10.0 Å². The van der Waals surface area contributed by atoms with Crippen molar-refractivity contribution in [3.05, 3.63) is 52.1 Å². The predicted octanol–water partition coefficient (Wildman–Crippen LogP) is 7.07. The number of benzene rings is 2. The molecule has 5 nitrogen and oxygen atoms in total. The van der Waals surface area contributed by atoms with Crippen LogP contribution >= 0.6 is 35.6 Å². The van der Waals surface area contributed by atoms with Gasteiger partial charge in [-0.05, 0) is 88.0 Å². The first-order valence-corrected chi connectivity index (χ1v) is 12.0. The van der Waals surface area contributed by atoms with Gasteiger partial charge in [0.25, 0.3) is 0 Å². The number of aromatic hydroxyl groups is 1. The van der Waals surface area contributed by atoms with Crippen molar-refractivity contribution >= 4 is 58.0 Å². The Bertz CT molecular complexity index is 1170. The minimum Gasteiger partial charge on any atom is -0.505 e. The molecule has 2 aromatic carbocycles. The maximum absolute atomic E-state index is 12.5. The summed E-state index contributed by atoms with van der Waals surface area (Å²) in [6, 6.07) is 9.57. The summed E-state index contributed by atoms with van der Waals surface area (Å²) in [5, 5.41) is 14.9. The summed E-state index contributed by atoms with van der Waals surface area (Å²) in [5.74, 6) is 0.569. The molecular formula is C26H30Cl3N3O2. The zero-order valence-corrected chi connectivity index (χ0v) is 21.9. The second kappa shape index (κ2) is 11.1. The van der Waals surface area contributed by atoms with Gasteiger partial charge in [-0.2, -0.15) is 0 Å². The molecule has 0 amide bonds. The van der Waals surface area contributed by atoms with Gasteiger partial charge >= 0.3 is 0 Å². The molecule has 1 aliphatic rings. The van der Waals surface area contributed by atoms with Crippen molar-refractivity contribution in [3.63, 3.8) is 0 Å². The van der Waals surface area contributed by atoms with E-state index in [4.69, 9.17) is 23.2 Å². The van der Waals surface area contributed by atoms with Crippen molar-refractivity contribution in [2.45, 2.75) is 38.6 Å². The number of ketones is 1. The summed E-state index contributed by atoms with van der Waals surface area (Å²) in [5.41, 5.74) is 3.90. The number of nitrogens with zero attached hydrogens (tertiary/aromatic N) is 2. The molecule has 0 unspecified atom stereocenters. The minimum absolute atomic E-state index is 0. The highest BCUT2D eigenvalue weighted by Gasteiger charge is 2.24. The minimum atomic E-state index is -0.129. The first kappa shape index (κ1) is 26.6. The van der Waals surface area contributed by atoms with Crippen molar-refractivity contribution in [1.82, 2.24) is 9.88 Å². The Morgan fingerprint density at radius 1 is 1.09 bits per heavy atom. The third-order valence-corrected chi connectivity index (χ3v) is 6.99. The summed E-state index contributed by atoms with van der Waals surface area (Å²) >= 11 is 12.3. The summed E-state index contributed by atoms with van der Waals surface area (Å²) in [4.78, 5) is 19.2. The van der Waals surface area contributed by atoms with Crippen LogP contribution in [0.3, 0.4) is 0 Å². The van der Waals surface area contributed by atoms with Crippen molar-refractivity contribution in [3.8, 4) is 16.9 Å². The number of fused-ring (bicyclic) bond motifs is 1. The second-order valence-electron chi connectivity index (χ2n) is 9.25. The quantitative estimate of drug-likeness (QED) is 0.339. The Hall–Kier alpha value is -2.05. The van der Waals surface area contributed by atoms with E-state index in [0.29, 0.717) is 11.6 Å². The van der Waals surface area contributed by atoms with Gasteiger partial charge in [-0.1, -0.05) is 29.3 Å². The Morgan fingerprint density at radius 2 is 1.74 bits per heavy atom. The van der Waals surface area contributed by atoms with Crippen LogP contribution in [0.15, 0.2) is 36.5 Å². The molecule has 8 heteroatoms. The molecule has 0 saturated heterocycles. The van der Waals surface area contributed by atoms with E-state index < -0.39 is 0 Å². The first-order valence-electron chi connectivity index (χ1n) is 11.3. The molecule has 0 aliphatic heterocycles. The normalized spacial score (nSPS) is 18.1. The molecule has 1 heterocycles. The number of hydrogen-bond donors (Lipinski definition) is 2. The number of phenolic OH excluding ortho intramolecular Hbond substituents is 1. The van der Waals surface area contributed by atoms with Crippen LogP contribution in [0.1, 0.15) is 43.0 Å². The molecule has 0 radical (unpaired) electrons. The van der Waals surface area contributed by atoms with Gasteiger partial charge in [0.05, 0.1) is 26.8 Å². The highest BCUT2D eigenvalue weighted by atomic mass is 35.5. The SMILES string of the molecule is CC(=O)c1cnc2ccc(-c3cc(Cl)c(O)c(Cl)c3)cc2c1NC1CCC(CN(C)C)CC1.Cl. The van der Waals surface area contributed by atoms with Crippen LogP contribution in [-0.2, 0) is 0 Å².